The quantitative estimate of drug-likeness (QED) is 0.576. The van der Waals surface area contributed by atoms with Crippen molar-refractivity contribution in [1.29, 1.82) is 0 Å². The minimum Gasteiger partial charge on any atom is -0.353 e. The van der Waals surface area contributed by atoms with Crippen LogP contribution in [0.5, 0.6) is 0 Å². The zero-order valence-corrected chi connectivity index (χ0v) is 19.1. The highest BCUT2D eigenvalue weighted by Crippen LogP contribution is 2.23. The van der Waals surface area contributed by atoms with Crippen LogP contribution in [0.1, 0.15) is 30.0 Å². The number of nitrogens with zero attached hydrogens (tertiary/aromatic N) is 1. The van der Waals surface area contributed by atoms with E-state index in [-0.39, 0.29) is 5.91 Å². The average molecular weight is 435 g/mol. The highest BCUT2D eigenvalue weighted by molar-refractivity contribution is 7.98. The summed E-state index contributed by atoms with van der Waals surface area (Å²) in [7, 11) is -3.60. The maximum absolute atomic E-state index is 12.8. The van der Waals surface area contributed by atoms with Crippen LogP contribution in [0.15, 0.2) is 48.5 Å². The van der Waals surface area contributed by atoms with Crippen molar-refractivity contribution < 1.29 is 13.2 Å². The molecule has 2 aromatic carbocycles. The molecule has 0 radical (unpaired) electrons. The Morgan fingerprint density at radius 3 is 2.34 bits per heavy atom. The summed E-state index contributed by atoms with van der Waals surface area (Å²) < 4.78 is 26.1. The summed E-state index contributed by atoms with van der Waals surface area (Å²) in [6.45, 7) is 6.35. The standard InChI is InChI=1S/C22H30N2O3S2/c1-5-21(24(29(4,26)27)20-12-10-17(2)11-13-20)22(25)23-14-15-28-16-19-9-7-6-8-18(19)3/h6-13,21H,5,14-16H2,1-4H3,(H,23,25)/t21-/m0/s1. The monoisotopic (exact) mass is 434 g/mol. The topological polar surface area (TPSA) is 66.5 Å². The van der Waals surface area contributed by atoms with Gasteiger partial charge in [-0.25, -0.2) is 8.42 Å². The predicted octanol–water partition coefficient (Wildman–Crippen LogP) is 3.90. The molecule has 1 amide bonds. The molecule has 1 atom stereocenters. The zero-order valence-electron chi connectivity index (χ0n) is 17.5. The number of carbonyl (C=O) groups is 1. The van der Waals surface area contributed by atoms with E-state index in [2.05, 4.69) is 24.4 Å². The van der Waals surface area contributed by atoms with Crippen LogP contribution < -0.4 is 9.62 Å². The average Bonchev–Trinajstić information content (AvgIpc) is 2.67. The Hall–Kier alpha value is -1.99. The normalized spacial score (nSPS) is 12.4. The highest BCUT2D eigenvalue weighted by atomic mass is 32.2. The van der Waals surface area contributed by atoms with Gasteiger partial charge in [0.15, 0.2) is 0 Å². The molecule has 0 saturated carbocycles. The number of aryl methyl sites for hydroxylation is 2. The number of nitrogens with one attached hydrogen (secondary N) is 1. The third-order valence-electron chi connectivity index (χ3n) is 4.68. The van der Waals surface area contributed by atoms with Gasteiger partial charge in [0.2, 0.25) is 15.9 Å². The lowest BCUT2D eigenvalue weighted by Crippen LogP contribution is -2.49. The van der Waals surface area contributed by atoms with Crippen molar-refractivity contribution >= 4 is 33.4 Å². The van der Waals surface area contributed by atoms with Crippen molar-refractivity contribution in [1.82, 2.24) is 5.32 Å². The first-order chi connectivity index (χ1) is 13.7. The van der Waals surface area contributed by atoms with Gasteiger partial charge in [-0.2, -0.15) is 11.8 Å². The molecule has 2 aromatic rings. The Morgan fingerprint density at radius 2 is 1.76 bits per heavy atom. The van der Waals surface area contributed by atoms with Gasteiger partial charge in [-0.05, 0) is 43.5 Å². The van der Waals surface area contributed by atoms with Crippen LogP contribution in [-0.4, -0.2) is 38.9 Å². The lowest BCUT2D eigenvalue weighted by Gasteiger charge is -2.30. The smallest absolute Gasteiger partial charge is 0.243 e. The molecule has 29 heavy (non-hydrogen) atoms. The second kappa shape index (κ2) is 10.7. The van der Waals surface area contributed by atoms with Gasteiger partial charge in [0.25, 0.3) is 0 Å². The third-order valence-corrected chi connectivity index (χ3v) is 6.87. The fourth-order valence-electron chi connectivity index (χ4n) is 3.07. The number of carbonyl (C=O) groups excluding carboxylic acids is 1. The van der Waals surface area contributed by atoms with E-state index < -0.39 is 16.1 Å². The minimum atomic E-state index is -3.60. The Morgan fingerprint density at radius 1 is 1.10 bits per heavy atom. The molecule has 0 aliphatic rings. The van der Waals surface area contributed by atoms with Crippen LogP contribution in [0.2, 0.25) is 0 Å². The molecular weight excluding hydrogens is 404 g/mol. The Labute approximate surface area is 178 Å². The van der Waals surface area contributed by atoms with E-state index in [0.717, 1.165) is 23.3 Å². The van der Waals surface area contributed by atoms with Crippen LogP contribution in [0.4, 0.5) is 5.69 Å². The number of hydrogen-bond acceptors (Lipinski definition) is 4. The number of benzene rings is 2. The summed E-state index contributed by atoms with van der Waals surface area (Å²) in [6, 6.07) is 14.7. The third kappa shape index (κ3) is 6.78. The van der Waals surface area contributed by atoms with Gasteiger partial charge >= 0.3 is 0 Å². The van der Waals surface area contributed by atoms with Gasteiger partial charge in [-0.15, -0.1) is 0 Å². The summed E-state index contributed by atoms with van der Waals surface area (Å²) in [6.07, 6.45) is 1.53. The molecule has 1 N–H and O–H groups in total. The highest BCUT2D eigenvalue weighted by Gasteiger charge is 2.31. The number of thioether (sulfide) groups is 1. The lowest BCUT2D eigenvalue weighted by atomic mass is 10.1. The second-order valence-electron chi connectivity index (χ2n) is 7.09. The first kappa shape index (κ1) is 23.3. The van der Waals surface area contributed by atoms with E-state index in [4.69, 9.17) is 0 Å². The van der Waals surface area contributed by atoms with E-state index in [0.29, 0.717) is 18.7 Å². The maximum Gasteiger partial charge on any atom is 0.243 e. The summed E-state index contributed by atoms with van der Waals surface area (Å²) in [5, 5.41) is 2.90. The molecule has 0 aliphatic carbocycles. The van der Waals surface area contributed by atoms with Gasteiger partial charge < -0.3 is 5.32 Å². The van der Waals surface area contributed by atoms with Gasteiger partial charge in [0, 0.05) is 18.1 Å². The zero-order chi connectivity index (χ0) is 21.4. The van der Waals surface area contributed by atoms with Crippen LogP contribution in [0.25, 0.3) is 0 Å². The minimum absolute atomic E-state index is 0.269. The fourth-order valence-corrected chi connectivity index (χ4v) is 5.22. The molecule has 2 rings (SSSR count). The Bertz CT molecular complexity index is 912. The van der Waals surface area contributed by atoms with Gasteiger partial charge in [0.1, 0.15) is 6.04 Å². The molecule has 0 unspecified atom stereocenters. The van der Waals surface area contributed by atoms with Crippen molar-refractivity contribution in [2.45, 2.75) is 39.0 Å². The molecule has 0 saturated heterocycles. The molecule has 0 aliphatic heterocycles. The summed E-state index contributed by atoms with van der Waals surface area (Å²) in [4.78, 5) is 12.8. The number of sulfonamides is 1. The predicted molar refractivity (Wildman–Crippen MR) is 123 cm³/mol. The molecule has 0 bridgehead atoms. The van der Waals surface area contributed by atoms with Crippen molar-refractivity contribution in [3.8, 4) is 0 Å². The van der Waals surface area contributed by atoms with Crippen molar-refractivity contribution in [2.24, 2.45) is 0 Å². The molecule has 0 heterocycles. The van der Waals surface area contributed by atoms with Crippen LogP contribution in [-0.2, 0) is 20.6 Å². The van der Waals surface area contributed by atoms with E-state index in [1.807, 2.05) is 38.1 Å². The Kier molecular flexibility index (Phi) is 8.59. The SMILES string of the molecule is CC[C@@H](C(=O)NCCSCc1ccccc1C)N(c1ccc(C)cc1)S(C)(=O)=O. The summed E-state index contributed by atoms with van der Waals surface area (Å²) in [5.74, 6) is 1.38. The molecule has 5 nitrogen and oxygen atoms in total. The van der Waals surface area contributed by atoms with E-state index >= 15 is 0 Å². The number of anilines is 1. The number of amides is 1. The van der Waals surface area contributed by atoms with E-state index in [1.54, 1.807) is 23.9 Å². The molecule has 0 fully saturated rings. The molecule has 0 aromatic heterocycles. The van der Waals surface area contributed by atoms with Gasteiger partial charge in [-0.3, -0.25) is 9.10 Å². The van der Waals surface area contributed by atoms with E-state index in [9.17, 15) is 13.2 Å². The summed E-state index contributed by atoms with van der Waals surface area (Å²) in [5.41, 5.74) is 4.09. The maximum atomic E-state index is 12.8. The second-order valence-corrected chi connectivity index (χ2v) is 10.1. The Balaban J connectivity index is 1.97. The van der Waals surface area contributed by atoms with Crippen molar-refractivity contribution in [3.63, 3.8) is 0 Å². The first-order valence-electron chi connectivity index (χ1n) is 9.70. The molecule has 7 heteroatoms. The molecule has 158 valence electrons. The summed E-state index contributed by atoms with van der Waals surface area (Å²) >= 11 is 1.75. The number of hydrogen-bond donors (Lipinski definition) is 1. The van der Waals surface area contributed by atoms with Crippen LogP contribution >= 0.6 is 11.8 Å². The van der Waals surface area contributed by atoms with Crippen LogP contribution in [0.3, 0.4) is 0 Å². The van der Waals surface area contributed by atoms with Gasteiger partial charge in [0.05, 0.1) is 11.9 Å². The van der Waals surface area contributed by atoms with Crippen molar-refractivity contribution in [3.05, 3.63) is 65.2 Å². The molecular formula is C22H30N2O3S2. The number of rotatable bonds is 10. The lowest BCUT2D eigenvalue weighted by molar-refractivity contribution is -0.122. The van der Waals surface area contributed by atoms with E-state index in [1.165, 1.54) is 15.4 Å². The fraction of sp³-hybridized carbons (Fsp3) is 0.409. The van der Waals surface area contributed by atoms with Crippen molar-refractivity contribution in [2.75, 3.05) is 22.9 Å². The first-order valence-corrected chi connectivity index (χ1v) is 12.7. The van der Waals surface area contributed by atoms with Gasteiger partial charge in [-0.1, -0.05) is 48.9 Å². The molecule has 0 spiro atoms. The largest absolute Gasteiger partial charge is 0.353 e. The van der Waals surface area contributed by atoms with Crippen LogP contribution in [0, 0.1) is 13.8 Å².